The van der Waals surface area contributed by atoms with Gasteiger partial charge in [-0.25, -0.2) is 5.01 Å². The Bertz CT molecular complexity index is 494. The number of nitrogens with zero attached hydrogens (tertiary/aromatic N) is 1. The molecule has 1 saturated heterocycles. The Hall–Kier alpha value is -1.55. The van der Waals surface area contributed by atoms with Gasteiger partial charge in [0.2, 0.25) is 0 Å². The summed E-state index contributed by atoms with van der Waals surface area (Å²) in [5.74, 6) is -0.320. The molecule has 1 N–H and O–H groups in total. The Morgan fingerprint density at radius 1 is 1.18 bits per heavy atom. The number of rotatable bonds is 1. The zero-order valence-corrected chi connectivity index (χ0v) is 9.83. The maximum Gasteiger partial charge on any atom is 0.261 e. The largest absolute Gasteiger partial charge is 0.272 e. The fourth-order valence-corrected chi connectivity index (χ4v) is 2.44. The zero-order chi connectivity index (χ0) is 12.0. The van der Waals surface area contributed by atoms with E-state index in [-0.39, 0.29) is 11.8 Å². The number of anilines is 1. The van der Waals surface area contributed by atoms with Crippen LogP contribution in [0.4, 0.5) is 5.69 Å². The normalized spacial score (nSPS) is 21.6. The van der Waals surface area contributed by atoms with E-state index in [1.54, 1.807) is 24.3 Å². The van der Waals surface area contributed by atoms with Gasteiger partial charge in [0, 0.05) is 5.02 Å². The number of carbonyl (C=O) groups excluding carboxylic acids is 2. The Labute approximate surface area is 104 Å². The number of hydrogen-bond donors (Lipinski definition) is 1. The predicted octanol–water partition coefficient (Wildman–Crippen LogP) is 1.89. The van der Waals surface area contributed by atoms with Crippen molar-refractivity contribution in [1.82, 2.24) is 5.43 Å². The molecule has 3 rings (SSSR count). The van der Waals surface area contributed by atoms with Crippen molar-refractivity contribution < 1.29 is 9.59 Å². The number of amides is 2. The van der Waals surface area contributed by atoms with E-state index in [9.17, 15) is 9.59 Å². The summed E-state index contributed by atoms with van der Waals surface area (Å²) in [7, 11) is 0. The van der Waals surface area contributed by atoms with Crippen LogP contribution in [0.5, 0.6) is 0 Å². The highest BCUT2D eigenvalue weighted by Gasteiger charge is 2.58. The van der Waals surface area contributed by atoms with Crippen LogP contribution in [0.1, 0.15) is 19.3 Å². The third-order valence-corrected chi connectivity index (χ3v) is 3.80. The molecule has 1 aromatic carbocycles. The molecular formula is C12H11ClN2O2. The highest BCUT2D eigenvalue weighted by molar-refractivity contribution is 6.30. The van der Waals surface area contributed by atoms with Crippen molar-refractivity contribution in [3.8, 4) is 0 Å². The first-order valence-electron chi connectivity index (χ1n) is 5.55. The summed E-state index contributed by atoms with van der Waals surface area (Å²) in [4.78, 5) is 24.1. The summed E-state index contributed by atoms with van der Waals surface area (Å²) in [6.45, 7) is 0. The number of carbonyl (C=O) groups is 2. The molecule has 4 nitrogen and oxygen atoms in total. The zero-order valence-electron chi connectivity index (χ0n) is 9.07. The van der Waals surface area contributed by atoms with Crippen LogP contribution in [0.15, 0.2) is 24.3 Å². The van der Waals surface area contributed by atoms with Gasteiger partial charge in [0.15, 0.2) is 0 Å². The Morgan fingerprint density at radius 2 is 1.82 bits per heavy atom. The van der Waals surface area contributed by atoms with Crippen molar-refractivity contribution in [3.63, 3.8) is 0 Å². The molecule has 0 atom stereocenters. The molecule has 1 aromatic rings. The summed E-state index contributed by atoms with van der Waals surface area (Å²) < 4.78 is 0. The van der Waals surface area contributed by atoms with Gasteiger partial charge in [-0.15, -0.1) is 0 Å². The Balaban J connectivity index is 1.93. The van der Waals surface area contributed by atoms with Gasteiger partial charge in [-0.3, -0.25) is 15.0 Å². The monoisotopic (exact) mass is 250 g/mol. The summed E-state index contributed by atoms with van der Waals surface area (Å²) in [6.07, 6.45) is 2.25. The number of hydrazine groups is 1. The number of nitrogens with one attached hydrogen (secondary N) is 1. The second kappa shape index (κ2) is 3.47. The van der Waals surface area contributed by atoms with E-state index in [0.29, 0.717) is 23.6 Å². The highest BCUT2D eigenvalue weighted by Crippen LogP contribution is 2.46. The molecule has 5 heteroatoms. The number of benzene rings is 1. The lowest BCUT2D eigenvalue weighted by Gasteiger charge is -2.32. The van der Waals surface area contributed by atoms with Gasteiger partial charge in [-0.2, -0.15) is 0 Å². The summed E-state index contributed by atoms with van der Waals surface area (Å²) in [5.41, 5.74) is 2.49. The smallest absolute Gasteiger partial charge is 0.261 e. The van der Waals surface area contributed by atoms with E-state index in [1.165, 1.54) is 5.01 Å². The quantitative estimate of drug-likeness (QED) is 0.774. The molecule has 0 bridgehead atoms. The standard InChI is InChI=1S/C12H11ClN2O2/c13-8-2-4-9(5-3-8)15-11(17)12(6-1-7-12)10(16)14-15/h2-5H,1,6-7H2,(H,14,16). The van der Waals surface area contributed by atoms with Crippen molar-refractivity contribution in [2.45, 2.75) is 19.3 Å². The van der Waals surface area contributed by atoms with E-state index >= 15 is 0 Å². The summed E-state index contributed by atoms with van der Waals surface area (Å²) in [6, 6.07) is 6.83. The third kappa shape index (κ3) is 1.37. The maximum absolute atomic E-state index is 12.2. The van der Waals surface area contributed by atoms with E-state index in [4.69, 9.17) is 11.6 Å². The average molecular weight is 251 g/mol. The van der Waals surface area contributed by atoms with Gasteiger partial charge in [-0.1, -0.05) is 18.0 Å². The van der Waals surface area contributed by atoms with Crippen LogP contribution in [0.3, 0.4) is 0 Å². The molecular weight excluding hydrogens is 240 g/mol. The van der Waals surface area contributed by atoms with E-state index in [1.807, 2.05) is 0 Å². The first-order chi connectivity index (χ1) is 8.13. The molecule has 1 heterocycles. The van der Waals surface area contributed by atoms with Crippen LogP contribution in [0.25, 0.3) is 0 Å². The van der Waals surface area contributed by atoms with Crippen molar-refractivity contribution in [2.24, 2.45) is 5.41 Å². The molecule has 1 aliphatic carbocycles. The van der Waals surface area contributed by atoms with Gasteiger partial charge in [-0.05, 0) is 37.1 Å². The highest BCUT2D eigenvalue weighted by atomic mass is 35.5. The summed E-state index contributed by atoms with van der Waals surface area (Å²) >= 11 is 5.79. The minimum atomic E-state index is -0.792. The first kappa shape index (κ1) is 10.6. The Morgan fingerprint density at radius 3 is 2.29 bits per heavy atom. The second-order valence-corrected chi connectivity index (χ2v) is 4.93. The lowest BCUT2D eigenvalue weighted by Crippen LogP contribution is -2.42. The van der Waals surface area contributed by atoms with Gasteiger partial charge >= 0.3 is 0 Å². The van der Waals surface area contributed by atoms with Gasteiger partial charge in [0.05, 0.1) is 5.69 Å². The van der Waals surface area contributed by atoms with Gasteiger partial charge in [0.25, 0.3) is 11.8 Å². The van der Waals surface area contributed by atoms with E-state index < -0.39 is 5.41 Å². The fraction of sp³-hybridized carbons (Fsp3) is 0.333. The van der Waals surface area contributed by atoms with Crippen LogP contribution in [-0.2, 0) is 9.59 Å². The van der Waals surface area contributed by atoms with Crippen molar-refractivity contribution >= 4 is 29.1 Å². The molecule has 1 spiro atoms. The second-order valence-electron chi connectivity index (χ2n) is 4.49. The lowest BCUT2D eigenvalue weighted by molar-refractivity contribution is -0.140. The number of halogens is 1. The molecule has 0 aromatic heterocycles. The minimum absolute atomic E-state index is 0.143. The predicted molar refractivity (Wildman–Crippen MR) is 63.4 cm³/mol. The topological polar surface area (TPSA) is 49.4 Å². The first-order valence-corrected chi connectivity index (χ1v) is 5.92. The van der Waals surface area contributed by atoms with Crippen LogP contribution >= 0.6 is 11.6 Å². The van der Waals surface area contributed by atoms with Gasteiger partial charge < -0.3 is 0 Å². The van der Waals surface area contributed by atoms with E-state index in [0.717, 1.165) is 6.42 Å². The van der Waals surface area contributed by atoms with Crippen molar-refractivity contribution in [1.29, 1.82) is 0 Å². The molecule has 17 heavy (non-hydrogen) atoms. The molecule has 88 valence electrons. The summed E-state index contributed by atoms with van der Waals surface area (Å²) in [5, 5.41) is 1.93. The molecule has 1 saturated carbocycles. The van der Waals surface area contributed by atoms with Crippen molar-refractivity contribution in [2.75, 3.05) is 5.01 Å². The lowest BCUT2D eigenvalue weighted by atomic mass is 9.68. The Kier molecular flexibility index (Phi) is 2.16. The molecule has 1 aliphatic heterocycles. The minimum Gasteiger partial charge on any atom is -0.272 e. The van der Waals surface area contributed by atoms with E-state index in [2.05, 4.69) is 5.43 Å². The van der Waals surface area contributed by atoms with Gasteiger partial charge in [0.1, 0.15) is 5.41 Å². The van der Waals surface area contributed by atoms with Crippen LogP contribution in [0.2, 0.25) is 5.02 Å². The van der Waals surface area contributed by atoms with Crippen LogP contribution < -0.4 is 10.4 Å². The molecule has 0 radical (unpaired) electrons. The third-order valence-electron chi connectivity index (χ3n) is 3.55. The SMILES string of the molecule is O=C1NN(c2ccc(Cl)cc2)C(=O)C12CCC2. The molecule has 2 fully saturated rings. The maximum atomic E-state index is 12.2. The van der Waals surface area contributed by atoms with Crippen molar-refractivity contribution in [3.05, 3.63) is 29.3 Å². The molecule has 0 unspecified atom stereocenters. The van der Waals surface area contributed by atoms with Crippen LogP contribution in [-0.4, -0.2) is 11.8 Å². The van der Waals surface area contributed by atoms with Crippen LogP contribution in [0, 0.1) is 5.41 Å². The average Bonchev–Trinajstić information content (AvgIpc) is 2.51. The molecule has 2 amide bonds. The molecule has 2 aliphatic rings. The number of hydrogen-bond acceptors (Lipinski definition) is 2. The fourth-order valence-electron chi connectivity index (χ4n) is 2.31.